The molecular formula is C14H17N3O2. The molecule has 5 nitrogen and oxygen atoms in total. The van der Waals surface area contributed by atoms with Crippen LogP contribution in [0.25, 0.3) is 0 Å². The Kier molecular flexibility index (Phi) is 4.55. The van der Waals surface area contributed by atoms with Crippen LogP contribution in [0.15, 0.2) is 42.7 Å². The van der Waals surface area contributed by atoms with E-state index in [0.717, 1.165) is 5.56 Å². The van der Waals surface area contributed by atoms with Gasteiger partial charge < -0.3 is 10.1 Å². The fourth-order valence-electron chi connectivity index (χ4n) is 1.58. The quantitative estimate of drug-likeness (QED) is 0.852. The van der Waals surface area contributed by atoms with Crippen molar-refractivity contribution < 1.29 is 9.53 Å². The van der Waals surface area contributed by atoms with Gasteiger partial charge in [-0.1, -0.05) is 17.7 Å². The minimum atomic E-state index is -0.132. The number of ether oxygens (including phenoxy) is 1. The van der Waals surface area contributed by atoms with Gasteiger partial charge in [0, 0.05) is 18.9 Å². The van der Waals surface area contributed by atoms with E-state index in [0.29, 0.717) is 18.8 Å². The zero-order valence-electron chi connectivity index (χ0n) is 10.9. The van der Waals surface area contributed by atoms with Gasteiger partial charge >= 0.3 is 0 Å². The molecule has 1 N–H and O–H groups in total. The molecule has 0 aliphatic rings. The van der Waals surface area contributed by atoms with E-state index in [4.69, 9.17) is 4.74 Å². The van der Waals surface area contributed by atoms with E-state index >= 15 is 0 Å². The Morgan fingerprint density at radius 1 is 1.37 bits per heavy atom. The van der Waals surface area contributed by atoms with Crippen LogP contribution in [0.2, 0.25) is 0 Å². The first-order valence-corrected chi connectivity index (χ1v) is 6.17. The Morgan fingerprint density at radius 2 is 2.16 bits per heavy atom. The molecule has 0 aliphatic carbocycles. The number of benzene rings is 1. The van der Waals surface area contributed by atoms with Gasteiger partial charge in [0.1, 0.15) is 5.75 Å². The Hall–Kier alpha value is -2.30. The summed E-state index contributed by atoms with van der Waals surface area (Å²) < 4.78 is 7.14. The van der Waals surface area contributed by atoms with Crippen molar-refractivity contribution in [2.45, 2.75) is 13.5 Å². The van der Waals surface area contributed by atoms with E-state index < -0.39 is 0 Å². The fourth-order valence-corrected chi connectivity index (χ4v) is 1.58. The van der Waals surface area contributed by atoms with Crippen LogP contribution >= 0.6 is 0 Å². The molecule has 1 amide bonds. The molecule has 0 saturated carbocycles. The zero-order valence-corrected chi connectivity index (χ0v) is 10.9. The number of hydrogen-bond donors (Lipinski definition) is 1. The summed E-state index contributed by atoms with van der Waals surface area (Å²) in [5, 5.41) is 6.83. The Balaban J connectivity index is 1.65. The molecule has 0 spiro atoms. The fraction of sp³-hybridized carbons (Fsp3) is 0.286. The molecule has 2 rings (SSSR count). The normalized spacial score (nSPS) is 10.2. The predicted octanol–water partition coefficient (Wildman–Crippen LogP) is 1.39. The lowest BCUT2D eigenvalue weighted by molar-refractivity contribution is -0.123. The van der Waals surface area contributed by atoms with Crippen molar-refractivity contribution in [3.8, 4) is 5.75 Å². The number of aromatic nitrogens is 2. The number of amides is 1. The first-order valence-electron chi connectivity index (χ1n) is 6.17. The van der Waals surface area contributed by atoms with Crippen molar-refractivity contribution in [1.29, 1.82) is 0 Å². The van der Waals surface area contributed by atoms with E-state index in [2.05, 4.69) is 10.4 Å². The number of nitrogens with zero attached hydrogens (tertiary/aromatic N) is 2. The molecule has 100 valence electrons. The van der Waals surface area contributed by atoms with Crippen LogP contribution in [0.1, 0.15) is 5.56 Å². The molecule has 0 radical (unpaired) electrons. The maximum Gasteiger partial charge on any atom is 0.258 e. The molecule has 0 unspecified atom stereocenters. The molecule has 0 fully saturated rings. The Labute approximate surface area is 112 Å². The number of carbonyl (C=O) groups is 1. The summed E-state index contributed by atoms with van der Waals surface area (Å²) in [6.07, 6.45) is 3.57. The average molecular weight is 259 g/mol. The molecule has 1 aromatic carbocycles. The molecule has 5 heteroatoms. The number of rotatable bonds is 6. The predicted molar refractivity (Wildman–Crippen MR) is 71.9 cm³/mol. The lowest BCUT2D eigenvalue weighted by Crippen LogP contribution is -2.31. The van der Waals surface area contributed by atoms with Gasteiger partial charge in [0.2, 0.25) is 0 Å². The summed E-state index contributed by atoms with van der Waals surface area (Å²) in [7, 11) is 0. The maximum atomic E-state index is 11.5. The summed E-state index contributed by atoms with van der Waals surface area (Å²) in [6.45, 7) is 3.23. The van der Waals surface area contributed by atoms with Crippen LogP contribution in [-0.4, -0.2) is 28.8 Å². The minimum Gasteiger partial charge on any atom is -0.484 e. The smallest absolute Gasteiger partial charge is 0.258 e. The van der Waals surface area contributed by atoms with Gasteiger partial charge in [-0.2, -0.15) is 5.10 Å². The van der Waals surface area contributed by atoms with Gasteiger partial charge in [-0.05, 0) is 25.1 Å². The third kappa shape index (κ3) is 4.46. The van der Waals surface area contributed by atoms with Crippen LogP contribution in [0.5, 0.6) is 5.75 Å². The van der Waals surface area contributed by atoms with E-state index in [-0.39, 0.29) is 12.5 Å². The summed E-state index contributed by atoms with van der Waals surface area (Å²) in [5.41, 5.74) is 1.16. The summed E-state index contributed by atoms with van der Waals surface area (Å²) in [4.78, 5) is 11.5. The van der Waals surface area contributed by atoms with Gasteiger partial charge in [0.05, 0.1) is 6.54 Å². The second-order valence-electron chi connectivity index (χ2n) is 4.22. The Morgan fingerprint density at radius 3 is 2.84 bits per heavy atom. The molecular weight excluding hydrogens is 242 g/mol. The summed E-state index contributed by atoms with van der Waals surface area (Å²) in [5.74, 6) is 0.570. The molecule has 19 heavy (non-hydrogen) atoms. The number of nitrogens with one attached hydrogen (secondary N) is 1. The highest BCUT2D eigenvalue weighted by Gasteiger charge is 2.02. The van der Waals surface area contributed by atoms with E-state index in [1.165, 1.54) is 0 Å². The van der Waals surface area contributed by atoms with Crippen LogP contribution < -0.4 is 10.1 Å². The topological polar surface area (TPSA) is 56.1 Å². The van der Waals surface area contributed by atoms with Crippen molar-refractivity contribution in [1.82, 2.24) is 15.1 Å². The highest BCUT2D eigenvalue weighted by Crippen LogP contribution is 2.10. The zero-order chi connectivity index (χ0) is 13.5. The van der Waals surface area contributed by atoms with Crippen LogP contribution in [-0.2, 0) is 11.3 Å². The molecule has 0 bridgehead atoms. The van der Waals surface area contributed by atoms with Gasteiger partial charge in [0.15, 0.2) is 6.61 Å². The van der Waals surface area contributed by atoms with Gasteiger partial charge in [-0.15, -0.1) is 0 Å². The number of aryl methyl sites for hydroxylation is 1. The highest BCUT2D eigenvalue weighted by molar-refractivity contribution is 5.77. The van der Waals surface area contributed by atoms with E-state index in [1.54, 1.807) is 10.9 Å². The maximum absolute atomic E-state index is 11.5. The van der Waals surface area contributed by atoms with E-state index in [9.17, 15) is 4.79 Å². The van der Waals surface area contributed by atoms with Crippen molar-refractivity contribution in [3.63, 3.8) is 0 Å². The second kappa shape index (κ2) is 6.58. The third-order valence-electron chi connectivity index (χ3n) is 2.61. The molecule has 1 heterocycles. The molecule has 0 atom stereocenters. The molecule has 0 aliphatic heterocycles. The molecule has 0 saturated heterocycles. The number of hydrogen-bond acceptors (Lipinski definition) is 3. The molecule has 2 aromatic rings. The van der Waals surface area contributed by atoms with Crippen LogP contribution in [0.3, 0.4) is 0 Å². The minimum absolute atomic E-state index is 0.0299. The van der Waals surface area contributed by atoms with Crippen molar-refractivity contribution >= 4 is 5.91 Å². The molecule has 1 aromatic heterocycles. The van der Waals surface area contributed by atoms with Crippen molar-refractivity contribution in [2.24, 2.45) is 0 Å². The van der Waals surface area contributed by atoms with Crippen molar-refractivity contribution in [3.05, 3.63) is 48.3 Å². The van der Waals surface area contributed by atoms with Gasteiger partial charge in [-0.25, -0.2) is 0 Å². The SMILES string of the molecule is Cc1ccc(OCC(=O)NCCn2cccn2)cc1. The largest absolute Gasteiger partial charge is 0.484 e. The lowest BCUT2D eigenvalue weighted by atomic mass is 10.2. The first-order chi connectivity index (χ1) is 9.24. The van der Waals surface area contributed by atoms with Crippen molar-refractivity contribution in [2.75, 3.05) is 13.2 Å². The Bertz CT molecular complexity index is 506. The second-order valence-corrected chi connectivity index (χ2v) is 4.22. The standard InChI is InChI=1S/C14H17N3O2/c1-12-3-5-13(6-4-12)19-11-14(18)15-8-10-17-9-2-7-16-17/h2-7,9H,8,10-11H2,1H3,(H,15,18). The summed E-state index contributed by atoms with van der Waals surface area (Å²) >= 11 is 0. The first kappa shape index (κ1) is 13.1. The van der Waals surface area contributed by atoms with E-state index in [1.807, 2.05) is 43.5 Å². The summed E-state index contributed by atoms with van der Waals surface area (Å²) in [6, 6.07) is 9.46. The lowest BCUT2D eigenvalue weighted by Gasteiger charge is -2.07. The average Bonchev–Trinajstić information content (AvgIpc) is 2.91. The van der Waals surface area contributed by atoms with Gasteiger partial charge in [0.25, 0.3) is 5.91 Å². The van der Waals surface area contributed by atoms with Gasteiger partial charge in [-0.3, -0.25) is 9.48 Å². The number of carbonyl (C=O) groups excluding carboxylic acids is 1. The van der Waals surface area contributed by atoms with Crippen LogP contribution in [0.4, 0.5) is 0 Å². The third-order valence-corrected chi connectivity index (χ3v) is 2.61. The highest BCUT2D eigenvalue weighted by atomic mass is 16.5. The monoisotopic (exact) mass is 259 g/mol. The van der Waals surface area contributed by atoms with Crippen LogP contribution in [0, 0.1) is 6.92 Å².